The van der Waals surface area contributed by atoms with Crippen LogP contribution < -0.4 is 21.8 Å². The minimum absolute atomic E-state index is 0.00152. The van der Waals surface area contributed by atoms with E-state index in [2.05, 4.69) is 15.3 Å². The Bertz CT molecular complexity index is 1060. The third-order valence-corrected chi connectivity index (χ3v) is 6.44. The molecule has 1 saturated heterocycles. The maximum Gasteiger partial charge on any atom is 0.271 e. The van der Waals surface area contributed by atoms with Gasteiger partial charge in [-0.25, -0.2) is 0 Å². The third kappa shape index (κ3) is 5.60. The van der Waals surface area contributed by atoms with E-state index in [1.165, 1.54) is 5.01 Å². The Kier molecular flexibility index (Phi) is 7.22. The number of amides is 3. The molecule has 1 atom stereocenters. The number of hydrazone groups is 1. The second-order valence-corrected chi connectivity index (χ2v) is 8.77. The summed E-state index contributed by atoms with van der Waals surface area (Å²) in [5.41, 5.74) is 13.7. The maximum absolute atomic E-state index is 12.8. The van der Waals surface area contributed by atoms with Crippen molar-refractivity contribution in [2.45, 2.75) is 31.7 Å². The number of carbonyl (C=O) groups is 3. The molecule has 0 aromatic heterocycles. The molecule has 178 valence electrons. The van der Waals surface area contributed by atoms with E-state index in [0.29, 0.717) is 11.4 Å². The number of rotatable bonds is 8. The van der Waals surface area contributed by atoms with E-state index in [1.54, 1.807) is 0 Å². The Hall–Kier alpha value is -3.72. The summed E-state index contributed by atoms with van der Waals surface area (Å²) in [7, 11) is 0. The van der Waals surface area contributed by atoms with Crippen molar-refractivity contribution >= 4 is 34.8 Å². The number of hydrogen-bond donors (Lipinski definition) is 3. The van der Waals surface area contributed by atoms with Crippen molar-refractivity contribution < 1.29 is 14.4 Å². The summed E-state index contributed by atoms with van der Waals surface area (Å²) < 4.78 is 0. The highest BCUT2D eigenvalue weighted by atomic mass is 16.2. The number of nitrogens with one attached hydrogen (secondary N) is 1. The van der Waals surface area contributed by atoms with Gasteiger partial charge in [-0.05, 0) is 62.2 Å². The van der Waals surface area contributed by atoms with Crippen molar-refractivity contribution in [3.05, 3.63) is 60.2 Å². The number of piperidine rings is 1. The zero-order valence-electron chi connectivity index (χ0n) is 19.0. The molecule has 0 spiro atoms. The van der Waals surface area contributed by atoms with Crippen LogP contribution in [-0.2, 0) is 20.8 Å². The molecule has 9 heteroatoms. The van der Waals surface area contributed by atoms with Crippen LogP contribution in [0.1, 0.15) is 24.8 Å². The summed E-state index contributed by atoms with van der Waals surface area (Å²) in [5, 5.41) is 8.74. The minimum Gasteiger partial charge on any atom is -0.369 e. The van der Waals surface area contributed by atoms with Crippen LogP contribution >= 0.6 is 0 Å². The highest BCUT2D eigenvalue weighted by molar-refractivity contribution is 6.44. The highest BCUT2D eigenvalue weighted by Gasteiger charge is 2.35. The second-order valence-electron chi connectivity index (χ2n) is 8.77. The minimum atomic E-state index is -0.696. The van der Waals surface area contributed by atoms with E-state index in [0.717, 1.165) is 44.5 Å². The monoisotopic (exact) mass is 462 g/mol. The van der Waals surface area contributed by atoms with E-state index in [9.17, 15) is 14.4 Å². The van der Waals surface area contributed by atoms with Crippen LogP contribution in [0.25, 0.3) is 0 Å². The van der Waals surface area contributed by atoms with Crippen LogP contribution in [0.15, 0.2) is 59.7 Å². The van der Waals surface area contributed by atoms with Crippen LogP contribution in [0.2, 0.25) is 0 Å². The van der Waals surface area contributed by atoms with Crippen molar-refractivity contribution in [2.24, 2.45) is 22.5 Å². The fourth-order valence-corrected chi connectivity index (χ4v) is 4.37. The molecule has 2 aliphatic rings. The molecule has 0 radical (unpaired) electrons. The first-order valence-electron chi connectivity index (χ1n) is 11.5. The smallest absolute Gasteiger partial charge is 0.271 e. The molecule has 3 amide bonds. The van der Waals surface area contributed by atoms with Gasteiger partial charge in [0, 0.05) is 24.6 Å². The van der Waals surface area contributed by atoms with Crippen LogP contribution in [0.3, 0.4) is 0 Å². The predicted molar refractivity (Wildman–Crippen MR) is 131 cm³/mol. The third-order valence-electron chi connectivity index (χ3n) is 6.44. The van der Waals surface area contributed by atoms with Crippen molar-refractivity contribution in [2.75, 3.05) is 30.0 Å². The van der Waals surface area contributed by atoms with Crippen LogP contribution in [0.4, 0.5) is 11.4 Å². The summed E-state index contributed by atoms with van der Waals surface area (Å²) in [6, 6.07) is 16.2. The SMILES string of the molecule is NC(=O)C1CCN(CCc2ccc(NC(=O)C3=NN(c4ccccc4)C(C(N)=O)C3)cc2)CC1. The Labute approximate surface area is 198 Å². The number of likely N-dealkylation sites (tertiary alicyclic amines) is 1. The summed E-state index contributed by atoms with van der Waals surface area (Å²) >= 11 is 0. The highest BCUT2D eigenvalue weighted by Crippen LogP contribution is 2.25. The fourth-order valence-electron chi connectivity index (χ4n) is 4.37. The van der Waals surface area contributed by atoms with Gasteiger partial charge in [0.15, 0.2) is 0 Å². The quantitative estimate of drug-likeness (QED) is 0.546. The average molecular weight is 463 g/mol. The Morgan fingerprint density at radius 3 is 2.24 bits per heavy atom. The molecule has 34 heavy (non-hydrogen) atoms. The van der Waals surface area contributed by atoms with Crippen LogP contribution in [0, 0.1) is 5.92 Å². The number of anilines is 2. The van der Waals surface area contributed by atoms with Gasteiger partial charge >= 0.3 is 0 Å². The van der Waals surface area contributed by atoms with Gasteiger partial charge in [-0.2, -0.15) is 5.10 Å². The molecule has 2 aromatic carbocycles. The molecule has 4 rings (SSSR count). The van der Waals surface area contributed by atoms with E-state index in [4.69, 9.17) is 11.5 Å². The lowest BCUT2D eigenvalue weighted by atomic mass is 9.96. The first-order valence-corrected chi connectivity index (χ1v) is 11.5. The number of primary amides is 2. The van der Waals surface area contributed by atoms with Crippen LogP contribution in [-0.4, -0.2) is 54.0 Å². The van der Waals surface area contributed by atoms with Crippen molar-refractivity contribution in [3.63, 3.8) is 0 Å². The summed E-state index contributed by atoms with van der Waals surface area (Å²) in [4.78, 5) is 38.4. The molecule has 1 unspecified atom stereocenters. The lowest BCUT2D eigenvalue weighted by molar-refractivity contribution is -0.123. The number of nitrogens with two attached hydrogens (primary N) is 2. The van der Waals surface area contributed by atoms with Crippen LogP contribution in [0.5, 0.6) is 0 Å². The van der Waals surface area contributed by atoms with Crippen molar-refractivity contribution in [1.29, 1.82) is 0 Å². The summed E-state index contributed by atoms with van der Waals surface area (Å²) in [5.74, 6) is -1.08. The van der Waals surface area contributed by atoms with Gasteiger partial charge in [0.25, 0.3) is 5.91 Å². The largest absolute Gasteiger partial charge is 0.369 e. The van der Waals surface area contributed by atoms with Gasteiger partial charge in [0.1, 0.15) is 11.8 Å². The van der Waals surface area contributed by atoms with Gasteiger partial charge in [-0.1, -0.05) is 30.3 Å². The number of hydrogen-bond acceptors (Lipinski definition) is 6. The van der Waals surface area contributed by atoms with E-state index >= 15 is 0 Å². The topological polar surface area (TPSA) is 134 Å². The number of nitrogens with zero attached hydrogens (tertiary/aromatic N) is 3. The number of para-hydroxylation sites is 1. The van der Waals surface area contributed by atoms with E-state index in [1.807, 2.05) is 54.6 Å². The number of carbonyl (C=O) groups excluding carboxylic acids is 3. The average Bonchev–Trinajstić information content (AvgIpc) is 3.31. The van der Waals surface area contributed by atoms with E-state index < -0.39 is 11.9 Å². The summed E-state index contributed by atoms with van der Waals surface area (Å²) in [6.07, 6.45) is 2.68. The standard InChI is InChI=1S/C25H30N6O3/c26-23(32)18-11-14-30(15-12-18)13-10-17-6-8-19(9-7-17)28-25(34)21-16-22(24(27)33)31(29-21)20-4-2-1-3-5-20/h1-9,18,22H,10-16H2,(H2,26,32)(H2,27,33)(H,28,34). The number of benzene rings is 2. The fraction of sp³-hybridized carbons (Fsp3) is 0.360. The van der Waals surface area contributed by atoms with Gasteiger partial charge in [-0.15, -0.1) is 0 Å². The molecule has 0 aliphatic carbocycles. The summed E-state index contributed by atoms with van der Waals surface area (Å²) in [6.45, 7) is 2.68. The molecule has 2 heterocycles. The molecule has 2 aromatic rings. The van der Waals surface area contributed by atoms with Gasteiger partial charge in [0.05, 0.1) is 5.69 Å². The van der Waals surface area contributed by atoms with E-state index in [-0.39, 0.29) is 29.9 Å². The molecule has 5 N–H and O–H groups in total. The normalized spacial score (nSPS) is 19.0. The molecular formula is C25H30N6O3. The lowest BCUT2D eigenvalue weighted by Crippen LogP contribution is -2.39. The maximum atomic E-state index is 12.8. The van der Waals surface area contributed by atoms with Gasteiger partial charge < -0.3 is 21.7 Å². The van der Waals surface area contributed by atoms with Crippen molar-refractivity contribution in [3.8, 4) is 0 Å². The second kappa shape index (κ2) is 10.5. The molecule has 2 aliphatic heterocycles. The molecule has 1 fully saturated rings. The molecule has 9 nitrogen and oxygen atoms in total. The van der Waals surface area contributed by atoms with Gasteiger partial charge in [-0.3, -0.25) is 19.4 Å². The molecular weight excluding hydrogens is 432 g/mol. The first-order chi connectivity index (χ1) is 16.4. The lowest BCUT2D eigenvalue weighted by Gasteiger charge is -2.30. The Morgan fingerprint density at radius 1 is 0.941 bits per heavy atom. The predicted octanol–water partition coefficient (Wildman–Crippen LogP) is 1.49. The molecule has 0 bridgehead atoms. The first kappa shape index (κ1) is 23.4. The Balaban J connectivity index is 1.31. The molecule has 0 saturated carbocycles. The zero-order valence-corrected chi connectivity index (χ0v) is 19.0. The Morgan fingerprint density at radius 2 is 1.62 bits per heavy atom. The zero-order chi connectivity index (χ0) is 24.1. The van der Waals surface area contributed by atoms with Crippen molar-refractivity contribution in [1.82, 2.24) is 4.90 Å². The van der Waals surface area contributed by atoms with Gasteiger partial charge in [0.2, 0.25) is 11.8 Å².